The third-order valence-corrected chi connectivity index (χ3v) is 7.49. The fraction of sp³-hybridized carbons (Fsp3) is 0.214. The van der Waals surface area contributed by atoms with Gasteiger partial charge in [-0.3, -0.25) is 18.8 Å². The fourth-order valence-corrected chi connectivity index (χ4v) is 5.57. The molecule has 2 aromatic heterocycles. The smallest absolute Gasteiger partial charge is 0.271 e. The number of benzene rings is 2. The Morgan fingerprint density at radius 2 is 1.81 bits per heavy atom. The number of para-hydroxylation sites is 1. The van der Waals surface area contributed by atoms with Crippen molar-refractivity contribution in [3.8, 4) is 0 Å². The van der Waals surface area contributed by atoms with Crippen LogP contribution in [-0.4, -0.2) is 20.3 Å². The number of hydrogen-bond donors (Lipinski definition) is 1. The van der Waals surface area contributed by atoms with Crippen molar-refractivity contribution in [2.75, 3.05) is 5.32 Å². The summed E-state index contributed by atoms with van der Waals surface area (Å²) in [7, 11) is 0. The van der Waals surface area contributed by atoms with E-state index >= 15 is 0 Å². The minimum absolute atomic E-state index is 0.176. The molecule has 0 aliphatic carbocycles. The van der Waals surface area contributed by atoms with Gasteiger partial charge < -0.3 is 5.32 Å². The molecule has 0 saturated heterocycles. The summed E-state index contributed by atoms with van der Waals surface area (Å²) in [6.07, 6.45) is 3.64. The maximum atomic E-state index is 13.8. The van der Waals surface area contributed by atoms with Crippen LogP contribution in [0.3, 0.4) is 0 Å². The number of carbonyl (C=O) groups is 1. The zero-order chi connectivity index (χ0) is 25.4. The number of anilines is 1. The standard InChI is InChI=1S/C28H27N5O2S/c1-5-32-19(4)21(16-29-32)15-23-27(35)33-25(20-12-7-6-8-13-20)24(18(3)30-28(33)36-23)26(34)31-22-14-10-9-11-17(22)2/h6-16,25H,5H2,1-4H3,(H,31,34)/b23-15+/t25-/m1/s1. The Morgan fingerprint density at radius 1 is 1.08 bits per heavy atom. The van der Waals surface area contributed by atoms with Gasteiger partial charge in [0.2, 0.25) is 0 Å². The van der Waals surface area contributed by atoms with Crippen LogP contribution in [0.4, 0.5) is 5.69 Å². The lowest BCUT2D eigenvalue weighted by atomic mass is 9.95. The molecule has 7 nitrogen and oxygen atoms in total. The number of thiazole rings is 1. The first-order valence-electron chi connectivity index (χ1n) is 11.9. The molecule has 1 N–H and O–H groups in total. The van der Waals surface area contributed by atoms with Gasteiger partial charge in [-0.15, -0.1) is 0 Å². The molecule has 4 aromatic rings. The predicted molar refractivity (Wildman–Crippen MR) is 143 cm³/mol. The number of fused-ring (bicyclic) bond motifs is 1. The van der Waals surface area contributed by atoms with Gasteiger partial charge in [0, 0.05) is 23.5 Å². The number of allylic oxidation sites excluding steroid dienone is 1. The van der Waals surface area contributed by atoms with Gasteiger partial charge >= 0.3 is 0 Å². The van der Waals surface area contributed by atoms with Crippen LogP contribution in [0.25, 0.3) is 6.08 Å². The van der Waals surface area contributed by atoms with E-state index in [0.717, 1.165) is 34.6 Å². The van der Waals surface area contributed by atoms with Gasteiger partial charge in [-0.25, -0.2) is 4.99 Å². The van der Waals surface area contributed by atoms with E-state index in [4.69, 9.17) is 4.99 Å². The van der Waals surface area contributed by atoms with Crippen molar-refractivity contribution in [3.63, 3.8) is 0 Å². The molecule has 8 heteroatoms. The van der Waals surface area contributed by atoms with Gasteiger partial charge in [0.05, 0.1) is 28.0 Å². The molecular weight excluding hydrogens is 470 g/mol. The number of amides is 1. The van der Waals surface area contributed by atoms with Crippen molar-refractivity contribution in [2.24, 2.45) is 4.99 Å². The average molecular weight is 498 g/mol. The molecule has 0 spiro atoms. The molecule has 1 amide bonds. The maximum Gasteiger partial charge on any atom is 0.271 e. The highest BCUT2D eigenvalue weighted by molar-refractivity contribution is 7.07. The largest absolute Gasteiger partial charge is 0.322 e. The summed E-state index contributed by atoms with van der Waals surface area (Å²) in [5, 5.41) is 7.43. The first-order chi connectivity index (χ1) is 17.4. The van der Waals surface area contributed by atoms with E-state index in [9.17, 15) is 9.59 Å². The average Bonchev–Trinajstić information content (AvgIpc) is 3.38. The van der Waals surface area contributed by atoms with Crippen molar-refractivity contribution < 1.29 is 4.79 Å². The highest BCUT2D eigenvalue weighted by Crippen LogP contribution is 2.31. The van der Waals surface area contributed by atoms with Crippen LogP contribution >= 0.6 is 11.3 Å². The van der Waals surface area contributed by atoms with Crippen LogP contribution in [0.1, 0.15) is 42.3 Å². The molecule has 182 valence electrons. The Hall–Kier alpha value is -4.04. The number of aromatic nitrogens is 3. The fourth-order valence-electron chi connectivity index (χ4n) is 4.53. The Kier molecular flexibility index (Phi) is 6.28. The summed E-state index contributed by atoms with van der Waals surface area (Å²) in [4.78, 5) is 32.7. The molecule has 3 heterocycles. The zero-order valence-electron chi connectivity index (χ0n) is 20.6. The molecule has 0 bridgehead atoms. The number of hydrogen-bond acceptors (Lipinski definition) is 5. The van der Waals surface area contributed by atoms with Gasteiger partial charge in [0.15, 0.2) is 4.80 Å². The third kappa shape index (κ3) is 4.13. The van der Waals surface area contributed by atoms with E-state index in [1.54, 1.807) is 10.8 Å². The molecule has 2 aromatic carbocycles. The SMILES string of the molecule is CCn1ncc(/C=c2/sc3n(c2=O)[C@H](c2ccccc2)C(C(=O)Nc2ccccc2C)=C(C)N=3)c1C. The van der Waals surface area contributed by atoms with Crippen LogP contribution in [0.15, 0.2) is 81.9 Å². The molecule has 0 radical (unpaired) electrons. The second-order valence-corrected chi connectivity index (χ2v) is 9.77. The molecule has 0 saturated carbocycles. The molecule has 0 fully saturated rings. The Bertz CT molecular complexity index is 1670. The van der Waals surface area contributed by atoms with Gasteiger partial charge in [0.1, 0.15) is 0 Å². The summed E-state index contributed by atoms with van der Waals surface area (Å²) in [5.41, 5.74) is 5.31. The predicted octanol–water partition coefficient (Wildman–Crippen LogP) is 3.71. The molecular formula is C28H27N5O2S. The molecule has 0 unspecified atom stereocenters. The first-order valence-corrected chi connectivity index (χ1v) is 12.7. The van der Waals surface area contributed by atoms with Crippen LogP contribution in [0.2, 0.25) is 0 Å². The lowest BCUT2D eigenvalue weighted by Crippen LogP contribution is -2.40. The van der Waals surface area contributed by atoms with Crippen LogP contribution < -0.4 is 20.2 Å². The van der Waals surface area contributed by atoms with Crippen molar-refractivity contribution >= 4 is 29.0 Å². The minimum Gasteiger partial charge on any atom is -0.322 e. The second-order valence-electron chi connectivity index (χ2n) is 8.76. The monoisotopic (exact) mass is 497 g/mol. The molecule has 5 rings (SSSR count). The van der Waals surface area contributed by atoms with E-state index in [-0.39, 0.29) is 11.5 Å². The number of aryl methyl sites for hydroxylation is 2. The molecule has 1 aliphatic rings. The lowest BCUT2D eigenvalue weighted by Gasteiger charge is -2.25. The Labute approximate surface area is 212 Å². The van der Waals surface area contributed by atoms with Crippen LogP contribution in [-0.2, 0) is 11.3 Å². The highest BCUT2D eigenvalue weighted by atomic mass is 32.1. The van der Waals surface area contributed by atoms with Crippen molar-refractivity contribution in [2.45, 2.75) is 40.3 Å². The van der Waals surface area contributed by atoms with Crippen molar-refractivity contribution in [1.29, 1.82) is 0 Å². The third-order valence-electron chi connectivity index (χ3n) is 6.50. The van der Waals surface area contributed by atoms with Crippen LogP contribution in [0.5, 0.6) is 0 Å². The van der Waals surface area contributed by atoms with Gasteiger partial charge in [0.25, 0.3) is 11.5 Å². The lowest BCUT2D eigenvalue weighted by molar-refractivity contribution is -0.113. The van der Waals surface area contributed by atoms with E-state index in [2.05, 4.69) is 10.4 Å². The summed E-state index contributed by atoms with van der Waals surface area (Å²) < 4.78 is 4.10. The van der Waals surface area contributed by atoms with Gasteiger partial charge in [-0.2, -0.15) is 5.10 Å². The molecule has 1 atom stereocenters. The zero-order valence-corrected chi connectivity index (χ0v) is 21.5. The summed E-state index contributed by atoms with van der Waals surface area (Å²) in [6.45, 7) is 8.56. The number of nitrogens with one attached hydrogen (secondary N) is 1. The van der Waals surface area contributed by atoms with Crippen molar-refractivity contribution in [3.05, 3.63) is 114 Å². The molecule has 1 aliphatic heterocycles. The van der Waals surface area contributed by atoms with E-state index in [0.29, 0.717) is 20.6 Å². The highest BCUT2D eigenvalue weighted by Gasteiger charge is 2.32. The number of rotatable bonds is 5. The number of nitrogens with zero attached hydrogens (tertiary/aromatic N) is 4. The second kappa shape index (κ2) is 9.54. The van der Waals surface area contributed by atoms with Gasteiger partial charge in [-0.1, -0.05) is 59.9 Å². The van der Waals surface area contributed by atoms with E-state index in [1.807, 2.05) is 93.1 Å². The van der Waals surface area contributed by atoms with Gasteiger partial charge in [-0.05, 0) is 51.0 Å². The number of carbonyl (C=O) groups excluding carboxylic acids is 1. The summed E-state index contributed by atoms with van der Waals surface area (Å²) >= 11 is 1.33. The topological polar surface area (TPSA) is 81.3 Å². The molecule has 36 heavy (non-hydrogen) atoms. The minimum atomic E-state index is -0.590. The normalized spacial score (nSPS) is 15.6. The van der Waals surface area contributed by atoms with Crippen molar-refractivity contribution in [1.82, 2.24) is 14.3 Å². The first kappa shape index (κ1) is 23.7. The Morgan fingerprint density at radius 3 is 2.50 bits per heavy atom. The van der Waals surface area contributed by atoms with E-state index < -0.39 is 6.04 Å². The summed E-state index contributed by atoms with van der Waals surface area (Å²) in [6, 6.07) is 16.7. The Balaban J connectivity index is 1.67. The summed E-state index contributed by atoms with van der Waals surface area (Å²) in [5.74, 6) is -0.270. The quantitative estimate of drug-likeness (QED) is 0.457. The van der Waals surface area contributed by atoms with E-state index in [1.165, 1.54) is 11.3 Å². The van der Waals surface area contributed by atoms with Crippen LogP contribution in [0, 0.1) is 13.8 Å². The maximum absolute atomic E-state index is 13.8.